The maximum absolute atomic E-state index is 12.2. The molecule has 2 heteroatoms. The first-order valence-electron chi connectivity index (χ1n) is 8.61. The highest BCUT2D eigenvalue weighted by molar-refractivity contribution is 5.72. The predicted octanol–water partition coefficient (Wildman–Crippen LogP) is 4.18. The van der Waals surface area contributed by atoms with E-state index in [9.17, 15) is 4.79 Å². The summed E-state index contributed by atoms with van der Waals surface area (Å²) in [5, 5.41) is 0. The molecule has 0 aromatic rings. The number of rotatable bonds is 4. The number of hydrogen-bond donors (Lipinski definition) is 0. The lowest BCUT2D eigenvalue weighted by molar-refractivity contribution is -0.314. The first-order chi connectivity index (χ1) is 9.38. The van der Waals surface area contributed by atoms with Crippen molar-refractivity contribution in [1.29, 1.82) is 0 Å². The molecule has 2 nitrogen and oxygen atoms in total. The van der Waals surface area contributed by atoms with E-state index in [1.807, 2.05) is 13.8 Å². The second-order valence-electron chi connectivity index (χ2n) is 8.63. The average Bonchev–Trinajstić information content (AvgIpc) is 2.86. The van der Waals surface area contributed by atoms with Crippen molar-refractivity contribution in [1.82, 2.24) is 0 Å². The average molecular weight is 276 g/mol. The van der Waals surface area contributed by atoms with E-state index in [4.69, 9.17) is 4.74 Å². The lowest BCUT2D eigenvalue weighted by atomic mass is 9.29. The van der Waals surface area contributed by atoms with E-state index >= 15 is 0 Å². The van der Waals surface area contributed by atoms with Crippen LogP contribution in [0.3, 0.4) is 0 Å². The first-order valence-corrected chi connectivity index (χ1v) is 8.61. The highest BCUT2D eigenvalue weighted by atomic mass is 16.6. The van der Waals surface area contributed by atoms with Crippen LogP contribution in [0.15, 0.2) is 0 Å². The van der Waals surface area contributed by atoms with Gasteiger partial charge in [-0.3, -0.25) is 4.79 Å². The second kappa shape index (κ2) is 3.62. The molecule has 6 atom stereocenters. The molecule has 112 valence electrons. The number of ether oxygens (including phenoxy) is 1. The number of fused-ring (bicyclic) bond motifs is 1. The van der Waals surface area contributed by atoms with Crippen molar-refractivity contribution in [3.8, 4) is 0 Å². The third kappa shape index (κ3) is 1.14. The third-order valence-electron chi connectivity index (χ3n) is 7.88. The quantitative estimate of drug-likeness (QED) is 0.720. The minimum absolute atomic E-state index is 0.00206. The van der Waals surface area contributed by atoms with Crippen molar-refractivity contribution < 1.29 is 9.53 Å². The van der Waals surface area contributed by atoms with E-state index in [1.54, 1.807) is 0 Å². The Hall–Kier alpha value is -0.530. The van der Waals surface area contributed by atoms with E-state index in [0.29, 0.717) is 10.8 Å². The molecule has 0 amide bonds. The fourth-order valence-corrected chi connectivity index (χ4v) is 6.96. The van der Waals surface area contributed by atoms with Gasteiger partial charge in [-0.25, -0.2) is 0 Å². The number of carbonyl (C=O) groups is 1. The molecule has 0 aromatic carbocycles. The molecule has 0 aromatic heterocycles. The highest BCUT2D eigenvalue weighted by Gasteiger charge is 2.84. The van der Waals surface area contributed by atoms with E-state index in [1.165, 1.54) is 32.1 Å². The molecular weight excluding hydrogens is 248 g/mol. The van der Waals surface area contributed by atoms with Gasteiger partial charge in [0.2, 0.25) is 0 Å². The standard InChI is InChI=1S/C18H28O2/c1-5-16(4,20-15(19)11(2)3)17-8-12-6-13-7-14(10-17)18(13,17)9-12/h11-14H,5-10H2,1-4H3. The lowest BCUT2D eigenvalue weighted by Crippen LogP contribution is -2.74. The van der Waals surface area contributed by atoms with Gasteiger partial charge in [-0.1, -0.05) is 20.8 Å². The van der Waals surface area contributed by atoms with Gasteiger partial charge in [0, 0.05) is 5.41 Å². The molecule has 20 heavy (non-hydrogen) atoms. The van der Waals surface area contributed by atoms with Gasteiger partial charge in [0.05, 0.1) is 5.92 Å². The summed E-state index contributed by atoms with van der Waals surface area (Å²) in [5.41, 5.74) is 0.689. The Balaban J connectivity index is 1.67. The summed E-state index contributed by atoms with van der Waals surface area (Å²) in [5.74, 6) is 2.84. The topological polar surface area (TPSA) is 26.3 Å². The molecule has 2 bridgehead atoms. The molecule has 0 radical (unpaired) electrons. The largest absolute Gasteiger partial charge is 0.459 e. The van der Waals surface area contributed by atoms with Gasteiger partial charge in [-0.05, 0) is 68.6 Å². The molecule has 6 unspecified atom stereocenters. The fraction of sp³-hybridized carbons (Fsp3) is 0.944. The maximum Gasteiger partial charge on any atom is 0.308 e. The summed E-state index contributed by atoms with van der Waals surface area (Å²) >= 11 is 0. The van der Waals surface area contributed by atoms with E-state index < -0.39 is 0 Å². The molecule has 4 saturated carbocycles. The molecule has 1 spiro atoms. The lowest BCUT2D eigenvalue weighted by Gasteiger charge is -2.76. The first kappa shape index (κ1) is 13.2. The van der Waals surface area contributed by atoms with Gasteiger partial charge in [-0.15, -0.1) is 0 Å². The van der Waals surface area contributed by atoms with Crippen molar-refractivity contribution in [3.05, 3.63) is 0 Å². The van der Waals surface area contributed by atoms with Gasteiger partial charge in [0.25, 0.3) is 0 Å². The van der Waals surface area contributed by atoms with E-state index in [-0.39, 0.29) is 17.5 Å². The molecule has 4 aliphatic carbocycles. The van der Waals surface area contributed by atoms with E-state index in [0.717, 1.165) is 24.2 Å². The Labute approximate surface area is 122 Å². The van der Waals surface area contributed by atoms with Crippen LogP contribution in [0.2, 0.25) is 0 Å². The number of esters is 1. The Bertz CT molecular complexity index is 470. The van der Waals surface area contributed by atoms with Crippen LogP contribution in [0.1, 0.15) is 66.2 Å². The second-order valence-corrected chi connectivity index (χ2v) is 8.63. The Kier molecular flexibility index (Phi) is 2.38. The van der Waals surface area contributed by atoms with Crippen LogP contribution >= 0.6 is 0 Å². The van der Waals surface area contributed by atoms with Crippen molar-refractivity contribution in [3.63, 3.8) is 0 Å². The molecule has 4 rings (SSSR count). The van der Waals surface area contributed by atoms with E-state index in [2.05, 4.69) is 13.8 Å². The Morgan fingerprint density at radius 2 is 2.00 bits per heavy atom. The minimum Gasteiger partial charge on any atom is -0.459 e. The van der Waals surface area contributed by atoms with Crippen molar-refractivity contribution in [2.24, 2.45) is 34.5 Å². The molecular formula is C18H28O2. The Morgan fingerprint density at radius 1 is 1.25 bits per heavy atom. The van der Waals surface area contributed by atoms with Crippen molar-refractivity contribution >= 4 is 5.97 Å². The molecule has 0 aliphatic heterocycles. The Morgan fingerprint density at radius 3 is 2.55 bits per heavy atom. The summed E-state index contributed by atoms with van der Waals surface area (Å²) in [7, 11) is 0. The predicted molar refractivity (Wildman–Crippen MR) is 78.0 cm³/mol. The van der Waals surface area contributed by atoms with Crippen LogP contribution in [-0.4, -0.2) is 11.6 Å². The molecule has 4 fully saturated rings. The van der Waals surface area contributed by atoms with Gasteiger partial charge >= 0.3 is 5.97 Å². The number of carbonyl (C=O) groups excluding carboxylic acids is 1. The molecule has 0 N–H and O–H groups in total. The summed E-state index contributed by atoms with van der Waals surface area (Å²) < 4.78 is 6.13. The summed E-state index contributed by atoms with van der Waals surface area (Å²) in [6.45, 7) is 8.36. The van der Waals surface area contributed by atoms with Gasteiger partial charge in [0.1, 0.15) is 5.60 Å². The summed E-state index contributed by atoms with van der Waals surface area (Å²) in [6, 6.07) is 0. The zero-order valence-corrected chi connectivity index (χ0v) is 13.4. The van der Waals surface area contributed by atoms with Crippen molar-refractivity contribution in [2.45, 2.75) is 71.8 Å². The van der Waals surface area contributed by atoms with Crippen LogP contribution in [0.25, 0.3) is 0 Å². The fourth-order valence-electron chi connectivity index (χ4n) is 6.96. The van der Waals surface area contributed by atoms with Crippen LogP contribution in [0.4, 0.5) is 0 Å². The molecule has 0 saturated heterocycles. The number of hydrogen-bond acceptors (Lipinski definition) is 2. The highest BCUT2D eigenvalue weighted by Crippen LogP contribution is 2.89. The maximum atomic E-state index is 12.2. The van der Waals surface area contributed by atoms with Crippen LogP contribution < -0.4 is 0 Å². The van der Waals surface area contributed by atoms with Gasteiger partial charge in [-0.2, -0.15) is 0 Å². The monoisotopic (exact) mass is 276 g/mol. The SMILES string of the molecule is CCC(C)(OC(=O)C(C)C)C12CC3CC4CC(C1)C42C3. The zero-order valence-electron chi connectivity index (χ0n) is 13.4. The van der Waals surface area contributed by atoms with Crippen molar-refractivity contribution in [2.75, 3.05) is 0 Å². The van der Waals surface area contributed by atoms with Crippen LogP contribution in [0.5, 0.6) is 0 Å². The summed E-state index contributed by atoms with van der Waals surface area (Å²) in [6.07, 6.45) is 8.01. The van der Waals surface area contributed by atoms with Crippen LogP contribution in [0, 0.1) is 34.5 Å². The molecule has 0 heterocycles. The molecule has 4 aliphatic rings. The normalized spacial score (nSPS) is 50.1. The smallest absolute Gasteiger partial charge is 0.308 e. The van der Waals surface area contributed by atoms with Gasteiger partial charge in [0.15, 0.2) is 0 Å². The third-order valence-corrected chi connectivity index (χ3v) is 7.88. The van der Waals surface area contributed by atoms with Crippen LogP contribution in [-0.2, 0) is 9.53 Å². The minimum atomic E-state index is -0.224. The summed E-state index contributed by atoms with van der Waals surface area (Å²) in [4.78, 5) is 12.2. The van der Waals surface area contributed by atoms with Gasteiger partial charge < -0.3 is 4.74 Å². The zero-order chi connectivity index (χ0) is 14.3.